The highest BCUT2D eigenvalue weighted by molar-refractivity contribution is 4.85. The Bertz CT molecular complexity index is 425. The van der Waals surface area contributed by atoms with Gasteiger partial charge in [-0.1, -0.05) is 39.5 Å². The normalized spacial score (nSPS) is 45.9. The molecule has 160 valence electrons. The SMILES string of the molecule is CC1CCC(C2CCC(N=NC3CCC(C4CCC(C)CC4)CC3)CC2)CC1. The van der Waals surface area contributed by atoms with Crippen LogP contribution in [0.25, 0.3) is 0 Å². The molecule has 4 rings (SSSR count). The predicted octanol–water partition coefficient (Wildman–Crippen LogP) is 8.21. The summed E-state index contributed by atoms with van der Waals surface area (Å²) in [6.07, 6.45) is 22.9. The van der Waals surface area contributed by atoms with Crippen molar-refractivity contribution in [2.45, 2.75) is 129 Å². The molecule has 0 spiro atoms. The van der Waals surface area contributed by atoms with Gasteiger partial charge in [-0.15, -0.1) is 0 Å². The first kappa shape index (κ1) is 20.9. The Balaban J connectivity index is 1.14. The molecule has 0 amide bonds. The summed E-state index contributed by atoms with van der Waals surface area (Å²) in [5.74, 6) is 6.05. The molecule has 0 aromatic carbocycles. The van der Waals surface area contributed by atoms with Crippen LogP contribution >= 0.6 is 0 Å². The summed E-state index contributed by atoms with van der Waals surface area (Å²) < 4.78 is 0. The second-order valence-electron chi connectivity index (χ2n) is 11.4. The van der Waals surface area contributed by atoms with Gasteiger partial charge in [-0.05, 0) is 113 Å². The van der Waals surface area contributed by atoms with Gasteiger partial charge < -0.3 is 0 Å². The zero-order valence-corrected chi connectivity index (χ0v) is 18.8. The fraction of sp³-hybridized carbons (Fsp3) is 1.00. The van der Waals surface area contributed by atoms with Crippen LogP contribution in [-0.4, -0.2) is 12.1 Å². The summed E-state index contributed by atoms with van der Waals surface area (Å²) in [5.41, 5.74) is 0. The van der Waals surface area contributed by atoms with E-state index in [1.807, 2.05) is 0 Å². The summed E-state index contributed by atoms with van der Waals surface area (Å²) in [7, 11) is 0. The van der Waals surface area contributed by atoms with Crippen LogP contribution in [0.15, 0.2) is 10.2 Å². The van der Waals surface area contributed by atoms with E-state index in [0.717, 1.165) is 35.5 Å². The van der Waals surface area contributed by atoms with E-state index in [-0.39, 0.29) is 0 Å². The average molecular weight is 387 g/mol. The minimum atomic E-state index is 0.552. The molecule has 28 heavy (non-hydrogen) atoms. The summed E-state index contributed by atoms with van der Waals surface area (Å²) in [4.78, 5) is 0. The van der Waals surface area contributed by atoms with Crippen molar-refractivity contribution >= 4 is 0 Å². The van der Waals surface area contributed by atoms with E-state index in [0.29, 0.717) is 12.1 Å². The van der Waals surface area contributed by atoms with Crippen LogP contribution < -0.4 is 0 Å². The molecule has 0 heterocycles. The number of nitrogens with zero attached hydrogens (tertiary/aromatic N) is 2. The van der Waals surface area contributed by atoms with Gasteiger partial charge in [0, 0.05) is 0 Å². The molecule has 0 bridgehead atoms. The highest BCUT2D eigenvalue weighted by atomic mass is 15.1. The molecule has 4 aliphatic rings. The molecule has 2 nitrogen and oxygen atoms in total. The predicted molar refractivity (Wildman–Crippen MR) is 119 cm³/mol. The number of hydrogen-bond acceptors (Lipinski definition) is 2. The van der Waals surface area contributed by atoms with Crippen LogP contribution in [0.2, 0.25) is 0 Å². The third-order valence-corrected chi connectivity index (χ3v) is 9.33. The lowest BCUT2D eigenvalue weighted by Gasteiger charge is -2.37. The topological polar surface area (TPSA) is 24.7 Å². The van der Waals surface area contributed by atoms with Gasteiger partial charge in [0.1, 0.15) is 0 Å². The molecule has 4 saturated carbocycles. The molecule has 4 aliphatic carbocycles. The third kappa shape index (κ3) is 5.60. The Hall–Kier alpha value is -0.400. The van der Waals surface area contributed by atoms with Crippen LogP contribution in [0.3, 0.4) is 0 Å². The fourth-order valence-electron chi connectivity index (χ4n) is 7.08. The maximum atomic E-state index is 4.87. The lowest BCUT2D eigenvalue weighted by Crippen LogP contribution is -2.27. The molecule has 2 heteroatoms. The first-order valence-electron chi connectivity index (χ1n) is 13.1. The molecule has 0 saturated heterocycles. The molecule has 4 fully saturated rings. The monoisotopic (exact) mass is 386 g/mol. The van der Waals surface area contributed by atoms with E-state index in [2.05, 4.69) is 13.8 Å². The summed E-state index contributed by atoms with van der Waals surface area (Å²) in [6, 6.07) is 1.10. The minimum absolute atomic E-state index is 0.552. The van der Waals surface area contributed by atoms with Gasteiger partial charge in [0.2, 0.25) is 0 Å². The van der Waals surface area contributed by atoms with Crippen molar-refractivity contribution in [3.8, 4) is 0 Å². The van der Waals surface area contributed by atoms with Crippen molar-refractivity contribution < 1.29 is 0 Å². The van der Waals surface area contributed by atoms with Gasteiger partial charge in [-0.25, -0.2) is 0 Å². The van der Waals surface area contributed by atoms with Gasteiger partial charge in [0.25, 0.3) is 0 Å². The van der Waals surface area contributed by atoms with E-state index in [4.69, 9.17) is 10.2 Å². The summed E-state index contributed by atoms with van der Waals surface area (Å²) >= 11 is 0. The van der Waals surface area contributed by atoms with Gasteiger partial charge in [-0.3, -0.25) is 0 Å². The fourth-order valence-corrected chi connectivity index (χ4v) is 7.08. The first-order chi connectivity index (χ1) is 13.7. The van der Waals surface area contributed by atoms with Gasteiger partial charge in [0.15, 0.2) is 0 Å². The van der Waals surface area contributed by atoms with E-state index in [1.54, 1.807) is 0 Å². The molecule has 0 N–H and O–H groups in total. The average Bonchev–Trinajstić information content (AvgIpc) is 2.74. The van der Waals surface area contributed by atoms with Crippen LogP contribution in [0.5, 0.6) is 0 Å². The lowest BCUT2D eigenvalue weighted by molar-refractivity contribution is 0.159. The van der Waals surface area contributed by atoms with Crippen molar-refractivity contribution in [3.63, 3.8) is 0 Å². The largest absolute Gasteiger partial charge is 0.191 e. The van der Waals surface area contributed by atoms with E-state index in [1.165, 1.54) is 103 Å². The quantitative estimate of drug-likeness (QED) is 0.435. The Morgan fingerprint density at radius 1 is 0.357 bits per heavy atom. The van der Waals surface area contributed by atoms with Crippen molar-refractivity contribution in [3.05, 3.63) is 0 Å². The number of azo groups is 1. The maximum absolute atomic E-state index is 4.87. The summed E-state index contributed by atoms with van der Waals surface area (Å²) in [5, 5.41) is 9.74. The van der Waals surface area contributed by atoms with E-state index in [9.17, 15) is 0 Å². The highest BCUT2D eigenvalue weighted by Gasteiger charge is 2.31. The molecule has 0 radical (unpaired) electrons. The van der Waals surface area contributed by atoms with Crippen molar-refractivity contribution in [2.24, 2.45) is 45.7 Å². The minimum Gasteiger partial charge on any atom is -0.191 e. The van der Waals surface area contributed by atoms with Crippen LogP contribution in [0, 0.1) is 35.5 Å². The lowest BCUT2D eigenvalue weighted by atomic mass is 9.70. The molecule has 0 atom stereocenters. The van der Waals surface area contributed by atoms with Crippen molar-refractivity contribution in [2.75, 3.05) is 0 Å². The van der Waals surface area contributed by atoms with Gasteiger partial charge in [0.05, 0.1) is 12.1 Å². The van der Waals surface area contributed by atoms with Crippen molar-refractivity contribution in [1.82, 2.24) is 0 Å². The molecular weight excluding hydrogens is 340 g/mol. The first-order valence-corrected chi connectivity index (χ1v) is 13.1. The molecular formula is C26H46N2. The van der Waals surface area contributed by atoms with E-state index < -0.39 is 0 Å². The highest BCUT2D eigenvalue weighted by Crippen LogP contribution is 2.42. The number of hydrogen-bond donors (Lipinski definition) is 0. The Morgan fingerprint density at radius 3 is 0.893 bits per heavy atom. The third-order valence-electron chi connectivity index (χ3n) is 9.33. The van der Waals surface area contributed by atoms with Crippen molar-refractivity contribution in [1.29, 1.82) is 0 Å². The second kappa shape index (κ2) is 10.1. The molecule has 0 aliphatic heterocycles. The summed E-state index contributed by atoms with van der Waals surface area (Å²) in [6.45, 7) is 4.88. The molecule has 0 aromatic rings. The van der Waals surface area contributed by atoms with Crippen LogP contribution in [-0.2, 0) is 0 Å². The Morgan fingerprint density at radius 2 is 0.607 bits per heavy atom. The number of rotatable bonds is 4. The second-order valence-corrected chi connectivity index (χ2v) is 11.4. The standard InChI is InChI=1S/C26H46N2/c1-19-3-7-21(8-4-19)23-11-15-25(16-12-23)27-28-26-17-13-24(14-18-26)22-9-5-20(2)6-10-22/h19-26H,3-18H2,1-2H3. The smallest absolute Gasteiger partial charge is 0.0708 e. The zero-order valence-electron chi connectivity index (χ0n) is 18.8. The van der Waals surface area contributed by atoms with Gasteiger partial charge in [-0.2, -0.15) is 10.2 Å². The molecule has 0 unspecified atom stereocenters. The maximum Gasteiger partial charge on any atom is 0.0708 e. The molecule has 0 aromatic heterocycles. The van der Waals surface area contributed by atoms with Crippen LogP contribution in [0.4, 0.5) is 0 Å². The van der Waals surface area contributed by atoms with E-state index >= 15 is 0 Å². The zero-order chi connectivity index (χ0) is 19.3. The van der Waals surface area contributed by atoms with Crippen LogP contribution in [0.1, 0.15) is 117 Å². The Kier molecular flexibility index (Phi) is 7.50. The Labute approximate surface area is 174 Å². The van der Waals surface area contributed by atoms with Gasteiger partial charge >= 0.3 is 0 Å².